The van der Waals surface area contributed by atoms with Gasteiger partial charge in [-0.3, -0.25) is 0 Å². The van der Waals surface area contributed by atoms with Crippen LogP contribution in [0.25, 0.3) is 0 Å². The van der Waals surface area contributed by atoms with Crippen LogP contribution in [0.5, 0.6) is 5.75 Å². The van der Waals surface area contributed by atoms with Crippen LogP contribution in [-0.4, -0.2) is 19.3 Å². The highest BCUT2D eigenvalue weighted by atomic mass is 19.4. The minimum Gasteiger partial charge on any atom is -0.491 e. The van der Waals surface area contributed by atoms with Gasteiger partial charge in [0, 0.05) is 0 Å². The molecule has 0 aliphatic heterocycles. The standard InChI is InChI=1S/C13H14F3NO2/c1-9(2)18-5-6-19-12-4-3-10(8-17)7-11(12)13(14,15)16/h3-4,7,9H,5-6H2,1-2H3. The number of rotatable bonds is 5. The van der Waals surface area contributed by atoms with E-state index in [9.17, 15) is 13.2 Å². The van der Waals surface area contributed by atoms with E-state index in [1.165, 1.54) is 6.07 Å². The quantitative estimate of drug-likeness (QED) is 0.772. The van der Waals surface area contributed by atoms with Crippen LogP contribution in [0.2, 0.25) is 0 Å². The van der Waals surface area contributed by atoms with Gasteiger partial charge in [0.05, 0.1) is 29.9 Å². The largest absolute Gasteiger partial charge is 0.491 e. The lowest BCUT2D eigenvalue weighted by Crippen LogP contribution is -2.14. The van der Waals surface area contributed by atoms with Crippen LogP contribution in [0.1, 0.15) is 25.0 Å². The molecule has 3 nitrogen and oxygen atoms in total. The summed E-state index contributed by atoms with van der Waals surface area (Å²) >= 11 is 0. The number of hydrogen-bond donors (Lipinski definition) is 0. The minimum absolute atomic E-state index is 0.00773. The summed E-state index contributed by atoms with van der Waals surface area (Å²) < 4.78 is 48.6. The van der Waals surface area contributed by atoms with Gasteiger partial charge in [-0.2, -0.15) is 18.4 Å². The SMILES string of the molecule is CC(C)OCCOc1ccc(C#N)cc1C(F)(F)F. The Labute approximate surface area is 109 Å². The van der Waals surface area contributed by atoms with Gasteiger partial charge in [0.1, 0.15) is 12.4 Å². The summed E-state index contributed by atoms with van der Waals surface area (Å²) in [6.07, 6.45) is -4.56. The Morgan fingerprint density at radius 2 is 1.95 bits per heavy atom. The third-order valence-corrected chi connectivity index (χ3v) is 2.21. The van der Waals surface area contributed by atoms with Gasteiger partial charge in [-0.05, 0) is 32.0 Å². The van der Waals surface area contributed by atoms with Crippen molar-refractivity contribution < 1.29 is 22.6 Å². The molecular formula is C13H14F3NO2. The molecule has 0 heterocycles. The summed E-state index contributed by atoms with van der Waals surface area (Å²) in [7, 11) is 0. The summed E-state index contributed by atoms with van der Waals surface area (Å²) in [6.45, 7) is 3.87. The molecule has 0 spiro atoms. The molecule has 0 aliphatic carbocycles. The lowest BCUT2D eigenvalue weighted by atomic mass is 10.1. The van der Waals surface area contributed by atoms with Crippen molar-refractivity contribution in [3.8, 4) is 11.8 Å². The number of ether oxygens (including phenoxy) is 2. The maximum atomic E-state index is 12.8. The Hall–Kier alpha value is -1.74. The second-order valence-electron chi connectivity index (χ2n) is 4.09. The molecule has 0 saturated carbocycles. The van der Waals surface area contributed by atoms with Crippen LogP contribution in [0.4, 0.5) is 13.2 Å². The van der Waals surface area contributed by atoms with Crippen molar-refractivity contribution in [2.75, 3.05) is 13.2 Å². The van der Waals surface area contributed by atoms with Gasteiger partial charge in [-0.1, -0.05) is 0 Å². The van der Waals surface area contributed by atoms with Crippen LogP contribution in [0, 0.1) is 11.3 Å². The highest BCUT2D eigenvalue weighted by Gasteiger charge is 2.34. The van der Waals surface area contributed by atoms with Crippen LogP contribution in [-0.2, 0) is 10.9 Å². The Balaban J connectivity index is 2.80. The molecule has 1 aromatic carbocycles. The molecular weight excluding hydrogens is 259 g/mol. The van der Waals surface area contributed by atoms with Gasteiger partial charge >= 0.3 is 6.18 Å². The molecule has 0 aliphatic rings. The second-order valence-corrected chi connectivity index (χ2v) is 4.09. The first-order valence-corrected chi connectivity index (χ1v) is 5.70. The van der Waals surface area contributed by atoms with Gasteiger partial charge in [-0.15, -0.1) is 0 Å². The lowest BCUT2D eigenvalue weighted by Gasteiger charge is -2.14. The van der Waals surface area contributed by atoms with E-state index >= 15 is 0 Å². The van der Waals surface area contributed by atoms with E-state index in [1.807, 2.05) is 13.8 Å². The van der Waals surface area contributed by atoms with Crippen molar-refractivity contribution in [3.63, 3.8) is 0 Å². The predicted octanol–water partition coefficient (Wildman–Crippen LogP) is 3.38. The fourth-order valence-corrected chi connectivity index (χ4v) is 1.38. The summed E-state index contributed by atoms with van der Waals surface area (Å²) in [5.41, 5.74) is -1.01. The molecule has 6 heteroatoms. The second kappa shape index (κ2) is 6.43. The highest BCUT2D eigenvalue weighted by molar-refractivity contribution is 5.43. The Kier molecular flexibility index (Phi) is 5.19. The normalized spacial score (nSPS) is 11.4. The van der Waals surface area contributed by atoms with Crippen LogP contribution >= 0.6 is 0 Å². The third kappa shape index (κ3) is 4.79. The predicted molar refractivity (Wildman–Crippen MR) is 62.7 cm³/mol. The maximum Gasteiger partial charge on any atom is 0.420 e. The summed E-state index contributed by atoms with van der Waals surface area (Å²) in [5.74, 6) is -0.293. The topological polar surface area (TPSA) is 42.2 Å². The molecule has 104 valence electrons. The van der Waals surface area contributed by atoms with E-state index in [4.69, 9.17) is 14.7 Å². The van der Waals surface area contributed by atoms with Gasteiger partial charge < -0.3 is 9.47 Å². The zero-order valence-electron chi connectivity index (χ0n) is 10.6. The fraction of sp³-hybridized carbons (Fsp3) is 0.462. The van der Waals surface area contributed by atoms with E-state index in [-0.39, 0.29) is 30.6 Å². The van der Waals surface area contributed by atoms with Crippen molar-refractivity contribution in [3.05, 3.63) is 29.3 Å². The zero-order valence-corrected chi connectivity index (χ0v) is 10.6. The molecule has 0 N–H and O–H groups in total. The summed E-state index contributed by atoms with van der Waals surface area (Å²) in [4.78, 5) is 0. The molecule has 0 amide bonds. The lowest BCUT2D eigenvalue weighted by molar-refractivity contribution is -0.139. The summed E-state index contributed by atoms with van der Waals surface area (Å²) in [6, 6.07) is 4.88. The molecule has 0 atom stereocenters. The first-order valence-electron chi connectivity index (χ1n) is 5.70. The van der Waals surface area contributed by atoms with Crippen LogP contribution in [0.3, 0.4) is 0 Å². The Morgan fingerprint density at radius 3 is 2.47 bits per heavy atom. The number of alkyl halides is 3. The van der Waals surface area contributed by atoms with E-state index in [2.05, 4.69) is 0 Å². The van der Waals surface area contributed by atoms with Gasteiger partial charge in [0.15, 0.2) is 0 Å². The molecule has 0 radical (unpaired) electrons. The van der Waals surface area contributed by atoms with Crippen molar-refractivity contribution >= 4 is 0 Å². The van der Waals surface area contributed by atoms with Crippen molar-refractivity contribution in [2.24, 2.45) is 0 Å². The first-order chi connectivity index (χ1) is 8.84. The van der Waals surface area contributed by atoms with Crippen molar-refractivity contribution in [1.82, 2.24) is 0 Å². The van der Waals surface area contributed by atoms with Gasteiger partial charge in [0.2, 0.25) is 0 Å². The zero-order chi connectivity index (χ0) is 14.5. The smallest absolute Gasteiger partial charge is 0.420 e. The van der Waals surface area contributed by atoms with Crippen molar-refractivity contribution in [1.29, 1.82) is 5.26 Å². The molecule has 0 fully saturated rings. The maximum absolute atomic E-state index is 12.8. The Morgan fingerprint density at radius 1 is 1.26 bits per heavy atom. The van der Waals surface area contributed by atoms with E-state index < -0.39 is 11.7 Å². The first kappa shape index (κ1) is 15.3. The number of hydrogen-bond acceptors (Lipinski definition) is 3. The van der Waals surface area contributed by atoms with Crippen LogP contribution < -0.4 is 4.74 Å². The van der Waals surface area contributed by atoms with Gasteiger partial charge in [-0.25, -0.2) is 0 Å². The van der Waals surface area contributed by atoms with Gasteiger partial charge in [0.25, 0.3) is 0 Å². The van der Waals surface area contributed by atoms with E-state index in [0.29, 0.717) is 0 Å². The molecule has 0 saturated heterocycles. The average molecular weight is 273 g/mol. The highest BCUT2D eigenvalue weighted by Crippen LogP contribution is 2.36. The fourth-order valence-electron chi connectivity index (χ4n) is 1.38. The monoisotopic (exact) mass is 273 g/mol. The third-order valence-electron chi connectivity index (χ3n) is 2.21. The molecule has 19 heavy (non-hydrogen) atoms. The Bertz CT molecular complexity index is 464. The molecule has 1 rings (SSSR count). The number of halogens is 3. The van der Waals surface area contributed by atoms with Crippen LogP contribution in [0.15, 0.2) is 18.2 Å². The number of nitriles is 1. The number of nitrogens with zero attached hydrogens (tertiary/aromatic N) is 1. The van der Waals surface area contributed by atoms with E-state index in [0.717, 1.165) is 12.1 Å². The number of benzene rings is 1. The summed E-state index contributed by atoms with van der Waals surface area (Å²) in [5, 5.41) is 8.62. The minimum atomic E-state index is -4.55. The average Bonchev–Trinajstić information content (AvgIpc) is 2.33. The molecule has 0 aromatic heterocycles. The van der Waals surface area contributed by atoms with Crippen molar-refractivity contribution in [2.45, 2.75) is 26.1 Å². The molecule has 0 bridgehead atoms. The molecule has 1 aromatic rings. The van der Waals surface area contributed by atoms with E-state index in [1.54, 1.807) is 6.07 Å². The molecule has 0 unspecified atom stereocenters.